The second-order valence-electron chi connectivity index (χ2n) is 5.26. The summed E-state index contributed by atoms with van der Waals surface area (Å²) in [5, 5.41) is 5.07. The second kappa shape index (κ2) is 5.83. The summed E-state index contributed by atoms with van der Waals surface area (Å²) >= 11 is 1.57. The number of amides is 1. The molecule has 1 fully saturated rings. The van der Waals surface area contributed by atoms with Crippen LogP contribution in [-0.2, 0) is 21.2 Å². The molecule has 1 aromatic rings. The SMILES string of the molecule is CN(Cc1cccs1)C(=O)C1(S(C)(=O)=O)CCNCC1. The lowest BCUT2D eigenvalue weighted by Crippen LogP contribution is -2.57. The topological polar surface area (TPSA) is 66.5 Å². The predicted octanol–water partition coefficient (Wildman–Crippen LogP) is 0.873. The molecule has 20 heavy (non-hydrogen) atoms. The molecule has 1 amide bonds. The highest BCUT2D eigenvalue weighted by molar-refractivity contribution is 7.92. The van der Waals surface area contributed by atoms with Gasteiger partial charge in [0.1, 0.15) is 0 Å². The van der Waals surface area contributed by atoms with Crippen LogP contribution in [0, 0.1) is 0 Å². The molecule has 112 valence electrons. The molecule has 1 N–H and O–H groups in total. The number of hydrogen-bond acceptors (Lipinski definition) is 5. The molecule has 2 rings (SSSR count). The van der Waals surface area contributed by atoms with Gasteiger partial charge in [-0.05, 0) is 37.4 Å². The molecule has 0 bridgehead atoms. The molecule has 0 radical (unpaired) electrons. The lowest BCUT2D eigenvalue weighted by molar-refractivity contribution is -0.133. The maximum atomic E-state index is 12.7. The van der Waals surface area contributed by atoms with Gasteiger partial charge in [-0.1, -0.05) is 6.07 Å². The number of carbonyl (C=O) groups is 1. The first-order valence-corrected chi connectivity index (χ1v) is 9.32. The van der Waals surface area contributed by atoms with Crippen LogP contribution < -0.4 is 5.32 Å². The summed E-state index contributed by atoms with van der Waals surface area (Å²) in [7, 11) is -1.76. The van der Waals surface area contributed by atoms with E-state index in [4.69, 9.17) is 0 Å². The molecule has 1 aliphatic heterocycles. The van der Waals surface area contributed by atoms with Crippen molar-refractivity contribution in [3.8, 4) is 0 Å². The molecule has 0 aromatic carbocycles. The summed E-state index contributed by atoms with van der Waals surface area (Å²) in [5.74, 6) is -0.282. The minimum Gasteiger partial charge on any atom is -0.339 e. The smallest absolute Gasteiger partial charge is 0.244 e. The van der Waals surface area contributed by atoms with Crippen LogP contribution in [0.4, 0.5) is 0 Å². The van der Waals surface area contributed by atoms with Crippen LogP contribution in [0.3, 0.4) is 0 Å². The van der Waals surface area contributed by atoms with Crippen molar-refractivity contribution in [1.82, 2.24) is 10.2 Å². The number of nitrogens with one attached hydrogen (secondary N) is 1. The summed E-state index contributed by atoms with van der Waals surface area (Å²) in [6.45, 7) is 1.58. The number of hydrogen-bond donors (Lipinski definition) is 1. The second-order valence-corrected chi connectivity index (χ2v) is 8.62. The largest absolute Gasteiger partial charge is 0.339 e. The highest BCUT2D eigenvalue weighted by atomic mass is 32.2. The van der Waals surface area contributed by atoms with Gasteiger partial charge in [0.2, 0.25) is 5.91 Å². The highest BCUT2D eigenvalue weighted by Crippen LogP contribution is 2.30. The summed E-state index contributed by atoms with van der Waals surface area (Å²) in [4.78, 5) is 15.3. The van der Waals surface area contributed by atoms with Gasteiger partial charge in [0.15, 0.2) is 14.6 Å². The van der Waals surface area contributed by atoms with Gasteiger partial charge in [0, 0.05) is 18.2 Å². The molecular formula is C13H20N2O3S2. The third kappa shape index (κ3) is 2.89. The van der Waals surface area contributed by atoms with E-state index < -0.39 is 14.6 Å². The molecule has 1 aliphatic rings. The number of rotatable bonds is 4. The van der Waals surface area contributed by atoms with E-state index in [9.17, 15) is 13.2 Å². The molecule has 0 saturated carbocycles. The van der Waals surface area contributed by atoms with Crippen molar-refractivity contribution in [2.45, 2.75) is 24.1 Å². The van der Waals surface area contributed by atoms with Crippen molar-refractivity contribution in [2.24, 2.45) is 0 Å². The van der Waals surface area contributed by atoms with Crippen LogP contribution in [0.5, 0.6) is 0 Å². The third-order valence-corrected chi connectivity index (χ3v) is 6.69. The van der Waals surface area contributed by atoms with Crippen LogP contribution in [0.1, 0.15) is 17.7 Å². The number of piperidine rings is 1. The Hall–Kier alpha value is -0.920. The van der Waals surface area contributed by atoms with Crippen LogP contribution in [0.15, 0.2) is 17.5 Å². The number of nitrogens with zero attached hydrogens (tertiary/aromatic N) is 1. The van der Waals surface area contributed by atoms with E-state index in [0.717, 1.165) is 4.88 Å². The lowest BCUT2D eigenvalue weighted by Gasteiger charge is -2.37. The third-order valence-electron chi connectivity index (χ3n) is 3.83. The zero-order valence-electron chi connectivity index (χ0n) is 11.8. The van der Waals surface area contributed by atoms with E-state index in [0.29, 0.717) is 32.5 Å². The normalized spacial score (nSPS) is 18.7. The van der Waals surface area contributed by atoms with Crippen molar-refractivity contribution in [3.05, 3.63) is 22.4 Å². The van der Waals surface area contributed by atoms with E-state index in [1.54, 1.807) is 18.4 Å². The Labute approximate surface area is 123 Å². The fourth-order valence-electron chi connectivity index (χ4n) is 2.63. The van der Waals surface area contributed by atoms with Crippen molar-refractivity contribution in [2.75, 3.05) is 26.4 Å². The first-order valence-electron chi connectivity index (χ1n) is 6.55. The van der Waals surface area contributed by atoms with Crippen LogP contribution in [0.2, 0.25) is 0 Å². The first-order chi connectivity index (χ1) is 9.37. The molecule has 0 unspecified atom stereocenters. The summed E-state index contributed by atoms with van der Waals surface area (Å²) < 4.78 is 23.1. The standard InChI is InChI=1S/C13H20N2O3S2/c1-15(10-11-4-3-9-19-11)12(16)13(20(2,17)18)5-7-14-8-6-13/h3-4,9,14H,5-8,10H2,1-2H3. The Kier molecular flexibility index (Phi) is 4.51. The van der Waals surface area contributed by atoms with E-state index >= 15 is 0 Å². The van der Waals surface area contributed by atoms with Gasteiger partial charge in [-0.15, -0.1) is 11.3 Å². The Morgan fingerprint density at radius 3 is 2.60 bits per heavy atom. The van der Waals surface area contributed by atoms with Gasteiger partial charge in [0.25, 0.3) is 0 Å². The molecular weight excluding hydrogens is 296 g/mol. The molecule has 1 aromatic heterocycles. The Morgan fingerprint density at radius 2 is 2.10 bits per heavy atom. The maximum Gasteiger partial charge on any atom is 0.244 e. The zero-order valence-corrected chi connectivity index (χ0v) is 13.4. The molecule has 0 aliphatic carbocycles. The van der Waals surface area contributed by atoms with Gasteiger partial charge in [-0.3, -0.25) is 4.79 Å². The fourth-order valence-corrected chi connectivity index (χ4v) is 4.81. The number of thiophene rings is 1. The average molecular weight is 316 g/mol. The van der Waals surface area contributed by atoms with Crippen molar-refractivity contribution >= 4 is 27.1 Å². The molecule has 0 atom stereocenters. The monoisotopic (exact) mass is 316 g/mol. The molecule has 1 saturated heterocycles. The van der Waals surface area contributed by atoms with Crippen LogP contribution >= 0.6 is 11.3 Å². The Bertz CT molecular complexity index is 560. The first kappa shape index (κ1) is 15.5. The Morgan fingerprint density at radius 1 is 1.45 bits per heavy atom. The molecule has 2 heterocycles. The fraction of sp³-hybridized carbons (Fsp3) is 0.615. The van der Waals surface area contributed by atoms with Gasteiger partial charge in [0.05, 0.1) is 6.54 Å². The highest BCUT2D eigenvalue weighted by Gasteiger charge is 2.49. The summed E-state index contributed by atoms with van der Waals surface area (Å²) in [6, 6.07) is 3.87. The van der Waals surface area contributed by atoms with Crippen molar-refractivity contribution in [1.29, 1.82) is 0 Å². The van der Waals surface area contributed by atoms with Gasteiger partial charge in [-0.2, -0.15) is 0 Å². The molecule has 7 heteroatoms. The lowest BCUT2D eigenvalue weighted by atomic mass is 9.95. The number of carbonyl (C=O) groups excluding carboxylic acids is 1. The van der Waals surface area contributed by atoms with Crippen LogP contribution in [-0.4, -0.2) is 50.4 Å². The minimum absolute atomic E-state index is 0.282. The number of sulfone groups is 1. The quantitative estimate of drug-likeness (QED) is 0.895. The van der Waals surface area contributed by atoms with E-state index in [1.165, 1.54) is 11.2 Å². The summed E-state index contributed by atoms with van der Waals surface area (Å²) in [6.07, 6.45) is 1.87. The molecule has 5 nitrogen and oxygen atoms in total. The minimum atomic E-state index is -3.44. The molecule has 0 spiro atoms. The summed E-state index contributed by atoms with van der Waals surface area (Å²) in [5.41, 5.74) is 0. The van der Waals surface area contributed by atoms with E-state index in [1.807, 2.05) is 17.5 Å². The van der Waals surface area contributed by atoms with Gasteiger partial charge < -0.3 is 10.2 Å². The van der Waals surface area contributed by atoms with Gasteiger partial charge >= 0.3 is 0 Å². The zero-order chi connectivity index (χ0) is 14.8. The average Bonchev–Trinajstić information content (AvgIpc) is 2.90. The predicted molar refractivity (Wildman–Crippen MR) is 80.5 cm³/mol. The van der Waals surface area contributed by atoms with Crippen LogP contribution in [0.25, 0.3) is 0 Å². The Balaban J connectivity index is 2.23. The van der Waals surface area contributed by atoms with Gasteiger partial charge in [-0.25, -0.2) is 8.42 Å². The van der Waals surface area contributed by atoms with E-state index in [2.05, 4.69) is 5.32 Å². The maximum absolute atomic E-state index is 12.7. The van der Waals surface area contributed by atoms with Crippen molar-refractivity contribution < 1.29 is 13.2 Å². The van der Waals surface area contributed by atoms with E-state index in [-0.39, 0.29) is 5.91 Å². The van der Waals surface area contributed by atoms with Crippen molar-refractivity contribution in [3.63, 3.8) is 0 Å².